The molecule has 2 heterocycles. The van der Waals surface area contributed by atoms with Crippen molar-refractivity contribution in [3.63, 3.8) is 0 Å². The van der Waals surface area contributed by atoms with Crippen molar-refractivity contribution in [2.45, 2.75) is 39.2 Å². The molecule has 4 amide bonds. The molecule has 182 valence electrons. The van der Waals surface area contributed by atoms with Gasteiger partial charge in [0, 0.05) is 52.6 Å². The molecule has 2 atom stereocenters. The highest BCUT2D eigenvalue weighted by molar-refractivity contribution is 7.88. The van der Waals surface area contributed by atoms with Gasteiger partial charge in [0.15, 0.2) is 0 Å². The summed E-state index contributed by atoms with van der Waals surface area (Å²) >= 11 is 0. The number of likely N-dealkylation sites (N-methyl/N-ethyl adjacent to an activating group) is 1. The summed E-state index contributed by atoms with van der Waals surface area (Å²) in [6.45, 7) is 5.42. The summed E-state index contributed by atoms with van der Waals surface area (Å²) in [5, 5.41) is 2.78. The number of rotatable bonds is 8. The van der Waals surface area contributed by atoms with Crippen LogP contribution in [0.1, 0.15) is 33.1 Å². The lowest BCUT2D eigenvalue weighted by atomic mass is 9.95. The molecule has 0 aliphatic carbocycles. The zero-order valence-corrected chi connectivity index (χ0v) is 20.1. The third kappa shape index (κ3) is 7.73. The first-order chi connectivity index (χ1) is 14.9. The number of amides is 4. The van der Waals surface area contributed by atoms with E-state index in [2.05, 4.69) is 10.0 Å². The molecular weight excluding hydrogens is 438 g/mol. The van der Waals surface area contributed by atoms with E-state index in [0.29, 0.717) is 52.0 Å². The van der Waals surface area contributed by atoms with Gasteiger partial charge in [-0.25, -0.2) is 13.1 Å². The summed E-state index contributed by atoms with van der Waals surface area (Å²) in [5.74, 6) is -0.791. The van der Waals surface area contributed by atoms with E-state index in [0.717, 1.165) is 6.26 Å². The molecule has 2 saturated heterocycles. The van der Waals surface area contributed by atoms with Crippen molar-refractivity contribution in [2.24, 2.45) is 11.8 Å². The molecule has 2 rings (SSSR count). The number of hydrogen-bond acceptors (Lipinski definition) is 6. The normalized spacial score (nSPS) is 20.7. The third-order valence-corrected chi connectivity index (χ3v) is 6.52. The maximum atomic E-state index is 12.7. The Balaban J connectivity index is 1.81. The van der Waals surface area contributed by atoms with Crippen LogP contribution < -0.4 is 10.0 Å². The largest absolute Gasteiger partial charge is 0.356 e. The quantitative estimate of drug-likeness (QED) is 0.445. The maximum Gasteiger partial charge on any atom is 0.242 e. The summed E-state index contributed by atoms with van der Waals surface area (Å²) in [7, 11) is -2.10. The molecule has 0 aromatic carbocycles. The molecule has 2 aliphatic rings. The molecule has 0 spiro atoms. The Kier molecular flexibility index (Phi) is 9.02. The summed E-state index contributed by atoms with van der Waals surface area (Å²) in [6, 6.07) is -0.943. The SMILES string of the molecule is CC(C)C(NS(C)(=O)=O)C(=O)N(C)CC(=O)N1CCN(C(=O)CC2CCC(=O)NC2)CC1. The van der Waals surface area contributed by atoms with Crippen LogP contribution in [-0.2, 0) is 29.2 Å². The monoisotopic (exact) mass is 473 g/mol. The second kappa shape index (κ2) is 11.1. The van der Waals surface area contributed by atoms with E-state index in [1.807, 2.05) is 0 Å². The van der Waals surface area contributed by atoms with Gasteiger partial charge in [0.05, 0.1) is 12.8 Å². The van der Waals surface area contributed by atoms with Gasteiger partial charge in [-0.05, 0) is 18.3 Å². The predicted octanol–water partition coefficient (Wildman–Crippen LogP) is -1.39. The first-order valence-electron chi connectivity index (χ1n) is 10.9. The molecule has 0 bridgehead atoms. The zero-order chi connectivity index (χ0) is 24.1. The van der Waals surface area contributed by atoms with E-state index in [-0.39, 0.29) is 36.1 Å². The molecule has 2 aliphatic heterocycles. The number of hydrogen-bond donors (Lipinski definition) is 2. The lowest BCUT2D eigenvalue weighted by Gasteiger charge is -2.36. The average molecular weight is 474 g/mol. The molecule has 12 heteroatoms. The fraction of sp³-hybridized carbons (Fsp3) is 0.800. The standard InChI is InChI=1S/C20H35N5O6S/c1-14(2)19(22-32(4,30)31)20(29)23(3)13-18(28)25-9-7-24(8-10-25)17(27)11-15-5-6-16(26)21-12-15/h14-15,19,22H,5-13H2,1-4H3,(H,21,26). The molecule has 2 fully saturated rings. The highest BCUT2D eigenvalue weighted by Gasteiger charge is 2.31. The van der Waals surface area contributed by atoms with Crippen LogP contribution in [-0.4, -0.2) is 105 Å². The van der Waals surface area contributed by atoms with Gasteiger partial charge in [0.25, 0.3) is 0 Å². The minimum absolute atomic E-state index is 0.0242. The Hall–Kier alpha value is -2.21. The van der Waals surface area contributed by atoms with Crippen molar-refractivity contribution in [3.8, 4) is 0 Å². The van der Waals surface area contributed by atoms with Gasteiger partial charge >= 0.3 is 0 Å². The summed E-state index contributed by atoms with van der Waals surface area (Å²) in [6.07, 6.45) is 2.53. The summed E-state index contributed by atoms with van der Waals surface area (Å²) in [4.78, 5) is 53.7. The van der Waals surface area contributed by atoms with E-state index < -0.39 is 22.0 Å². The Morgan fingerprint density at radius 2 is 1.69 bits per heavy atom. The van der Waals surface area contributed by atoms with Crippen LogP contribution in [0.5, 0.6) is 0 Å². The maximum absolute atomic E-state index is 12.7. The lowest BCUT2D eigenvalue weighted by molar-refractivity contribution is -0.144. The number of nitrogens with zero attached hydrogens (tertiary/aromatic N) is 3. The first-order valence-corrected chi connectivity index (χ1v) is 12.8. The van der Waals surface area contributed by atoms with Crippen LogP contribution >= 0.6 is 0 Å². The van der Waals surface area contributed by atoms with Crippen molar-refractivity contribution in [1.82, 2.24) is 24.7 Å². The molecule has 0 aromatic heterocycles. The number of nitrogens with one attached hydrogen (secondary N) is 2. The van der Waals surface area contributed by atoms with E-state index >= 15 is 0 Å². The molecule has 0 saturated carbocycles. The minimum Gasteiger partial charge on any atom is -0.356 e. The van der Waals surface area contributed by atoms with Gasteiger partial charge in [-0.3, -0.25) is 19.2 Å². The van der Waals surface area contributed by atoms with Crippen molar-refractivity contribution in [2.75, 3.05) is 52.6 Å². The number of carbonyl (C=O) groups is 4. The van der Waals surface area contributed by atoms with Crippen LogP contribution in [0.4, 0.5) is 0 Å². The van der Waals surface area contributed by atoms with Crippen LogP contribution in [0, 0.1) is 11.8 Å². The van der Waals surface area contributed by atoms with Crippen LogP contribution in [0.3, 0.4) is 0 Å². The molecule has 0 aromatic rings. The van der Waals surface area contributed by atoms with Gasteiger partial charge in [-0.15, -0.1) is 0 Å². The molecule has 11 nitrogen and oxygen atoms in total. The van der Waals surface area contributed by atoms with Gasteiger partial charge in [0.1, 0.15) is 6.04 Å². The minimum atomic E-state index is -3.57. The highest BCUT2D eigenvalue weighted by atomic mass is 32.2. The van der Waals surface area contributed by atoms with Crippen molar-refractivity contribution in [3.05, 3.63) is 0 Å². The molecule has 32 heavy (non-hydrogen) atoms. The number of piperazine rings is 1. The van der Waals surface area contributed by atoms with Gasteiger partial charge in [-0.2, -0.15) is 0 Å². The third-order valence-electron chi connectivity index (χ3n) is 5.84. The van der Waals surface area contributed by atoms with Crippen molar-refractivity contribution >= 4 is 33.7 Å². The Labute approximate surface area is 189 Å². The second-order valence-corrected chi connectivity index (χ2v) is 10.8. The summed E-state index contributed by atoms with van der Waals surface area (Å²) in [5.41, 5.74) is 0. The smallest absolute Gasteiger partial charge is 0.242 e. The summed E-state index contributed by atoms with van der Waals surface area (Å²) < 4.78 is 25.5. The van der Waals surface area contributed by atoms with Gasteiger partial charge < -0.3 is 20.0 Å². The number of carbonyl (C=O) groups excluding carboxylic acids is 4. The second-order valence-electron chi connectivity index (χ2n) is 8.98. The Morgan fingerprint density at radius 1 is 1.12 bits per heavy atom. The first kappa shape index (κ1) is 26.0. The van der Waals surface area contributed by atoms with E-state index in [1.54, 1.807) is 23.6 Å². The van der Waals surface area contributed by atoms with Crippen LogP contribution in [0.2, 0.25) is 0 Å². The van der Waals surface area contributed by atoms with E-state index in [4.69, 9.17) is 0 Å². The van der Waals surface area contributed by atoms with Gasteiger partial charge in [-0.1, -0.05) is 13.8 Å². The van der Waals surface area contributed by atoms with Gasteiger partial charge in [0.2, 0.25) is 33.7 Å². The fourth-order valence-corrected chi connectivity index (χ4v) is 4.69. The number of sulfonamides is 1. The lowest BCUT2D eigenvalue weighted by Crippen LogP contribution is -2.55. The van der Waals surface area contributed by atoms with Crippen LogP contribution in [0.15, 0.2) is 0 Å². The van der Waals surface area contributed by atoms with Crippen molar-refractivity contribution < 1.29 is 27.6 Å². The van der Waals surface area contributed by atoms with E-state index in [1.165, 1.54) is 11.9 Å². The zero-order valence-electron chi connectivity index (χ0n) is 19.3. The molecule has 0 radical (unpaired) electrons. The highest BCUT2D eigenvalue weighted by Crippen LogP contribution is 2.17. The topological polar surface area (TPSA) is 136 Å². The Morgan fingerprint density at radius 3 is 2.16 bits per heavy atom. The van der Waals surface area contributed by atoms with Crippen molar-refractivity contribution in [1.29, 1.82) is 0 Å². The van der Waals surface area contributed by atoms with Crippen LogP contribution in [0.25, 0.3) is 0 Å². The van der Waals surface area contributed by atoms with E-state index in [9.17, 15) is 27.6 Å². The molecule has 2 unspecified atom stereocenters. The number of piperidine rings is 1. The predicted molar refractivity (Wildman–Crippen MR) is 118 cm³/mol. The average Bonchev–Trinajstić information content (AvgIpc) is 2.72. The fourth-order valence-electron chi connectivity index (χ4n) is 3.86. The Bertz CT molecular complexity index is 812. The molecule has 2 N–H and O–H groups in total. The molecular formula is C20H35N5O6S.